The molecule has 4 N–H and O–H groups in total. The molecule has 2 rings (SSSR count). The quantitative estimate of drug-likeness (QED) is 0.765. The number of carboxylic acid groups (broad SMARTS) is 1. The molecule has 0 spiro atoms. The summed E-state index contributed by atoms with van der Waals surface area (Å²) in [5, 5.41) is 12.2. The highest BCUT2D eigenvalue weighted by Gasteiger charge is 2.22. The van der Waals surface area contributed by atoms with Crippen LogP contribution in [0.3, 0.4) is 0 Å². The Bertz CT molecular complexity index is 448. The number of carbonyl (C=O) groups is 1. The number of nitrogen functional groups attached to an aromatic ring is 1. The minimum Gasteiger partial charge on any atom is -0.478 e. The van der Waals surface area contributed by atoms with Gasteiger partial charge in [0.1, 0.15) is 5.82 Å². The molecule has 0 aromatic carbocycles. The van der Waals surface area contributed by atoms with E-state index < -0.39 is 5.97 Å². The fourth-order valence-electron chi connectivity index (χ4n) is 2.43. The minimum atomic E-state index is -1.01. The maximum Gasteiger partial charge on any atom is 0.337 e. The molecule has 1 aliphatic carbocycles. The monoisotopic (exact) mass is 249 g/mol. The predicted molar refractivity (Wildman–Crippen MR) is 70.7 cm³/mol. The van der Waals surface area contributed by atoms with Gasteiger partial charge < -0.3 is 16.2 Å². The highest BCUT2D eigenvalue weighted by molar-refractivity contribution is 5.89. The highest BCUT2D eigenvalue weighted by Crippen LogP contribution is 2.28. The fraction of sp³-hybridized carbons (Fsp3) is 0.538. The average Bonchev–Trinajstić information content (AvgIpc) is 2.34. The lowest BCUT2D eigenvalue weighted by Gasteiger charge is -2.30. The van der Waals surface area contributed by atoms with Crippen LogP contribution in [-0.2, 0) is 0 Å². The number of anilines is 2. The highest BCUT2D eigenvalue weighted by atomic mass is 16.4. The Morgan fingerprint density at radius 3 is 2.83 bits per heavy atom. The molecule has 98 valence electrons. The van der Waals surface area contributed by atoms with Crippen LogP contribution in [0.2, 0.25) is 0 Å². The third-order valence-corrected chi connectivity index (χ3v) is 3.60. The van der Waals surface area contributed by atoms with E-state index in [0.717, 1.165) is 6.42 Å². The summed E-state index contributed by atoms with van der Waals surface area (Å²) in [5.41, 5.74) is 6.35. The van der Waals surface area contributed by atoms with Crippen molar-refractivity contribution in [2.24, 2.45) is 5.92 Å². The van der Waals surface area contributed by atoms with Gasteiger partial charge in [-0.3, -0.25) is 0 Å². The van der Waals surface area contributed by atoms with Crippen molar-refractivity contribution in [2.45, 2.75) is 38.6 Å². The maximum atomic E-state index is 10.8. The van der Waals surface area contributed by atoms with Gasteiger partial charge in [-0.15, -0.1) is 0 Å². The van der Waals surface area contributed by atoms with Crippen molar-refractivity contribution in [3.8, 4) is 0 Å². The Kier molecular flexibility index (Phi) is 3.69. The molecule has 1 fully saturated rings. The first kappa shape index (κ1) is 12.7. The van der Waals surface area contributed by atoms with Gasteiger partial charge >= 0.3 is 5.97 Å². The normalized spacial score (nSPS) is 23.6. The molecular weight excluding hydrogens is 230 g/mol. The molecule has 18 heavy (non-hydrogen) atoms. The van der Waals surface area contributed by atoms with Crippen LogP contribution in [0.4, 0.5) is 11.5 Å². The van der Waals surface area contributed by atoms with E-state index in [1.807, 2.05) is 0 Å². The minimum absolute atomic E-state index is 0.120. The largest absolute Gasteiger partial charge is 0.478 e. The van der Waals surface area contributed by atoms with Crippen LogP contribution in [0.25, 0.3) is 0 Å². The van der Waals surface area contributed by atoms with Crippen LogP contribution in [0.5, 0.6) is 0 Å². The lowest BCUT2D eigenvalue weighted by molar-refractivity contribution is 0.0696. The van der Waals surface area contributed by atoms with E-state index in [1.54, 1.807) is 0 Å². The van der Waals surface area contributed by atoms with Crippen molar-refractivity contribution in [1.82, 2.24) is 4.98 Å². The standard InChI is InChI=1S/C13H19N3O2/c1-8-4-2-3-5-11(8)16-12-10(14)6-9(7-15-12)13(17)18/h6-8,11H,2-5,14H2,1H3,(H,15,16)(H,17,18). The molecule has 2 atom stereocenters. The summed E-state index contributed by atoms with van der Waals surface area (Å²) in [6.07, 6.45) is 6.16. The second-order valence-electron chi connectivity index (χ2n) is 4.98. The molecule has 1 heterocycles. The van der Waals surface area contributed by atoms with Crippen LogP contribution < -0.4 is 11.1 Å². The molecule has 2 unspecified atom stereocenters. The number of aromatic nitrogens is 1. The summed E-state index contributed by atoms with van der Waals surface area (Å²) >= 11 is 0. The number of nitrogens with two attached hydrogens (primary N) is 1. The van der Waals surface area contributed by atoms with Crippen molar-refractivity contribution < 1.29 is 9.90 Å². The van der Waals surface area contributed by atoms with Crippen LogP contribution in [0.15, 0.2) is 12.3 Å². The Morgan fingerprint density at radius 2 is 2.22 bits per heavy atom. The first-order valence-corrected chi connectivity index (χ1v) is 6.33. The van der Waals surface area contributed by atoms with Gasteiger partial charge in [0.15, 0.2) is 0 Å². The van der Waals surface area contributed by atoms with Crippen LogP contribution >= 0.6 is 0 Å². The average molecular weight is 249 g/mol. The van der Waals surface area contributed by atoms with Crippen LogP contribution in [0, 0.1) is 5.92 Å². The first-order valence-electron chi connectivity index (χ1n) is 6.33. The van der Waals surface area contributed by atoms with Crippen molar-refractivity contribution in [3.63, 3.8) is 0 Å². The van der Waals surface area contributed by atoms with Crippen molar-refractivity contribution >= 4 is 17.5 Å². The first-order chi connectivity index (χ1) is 8.58. The molecule has 5 heteroatoms. The number of carboxylic acids is 1. The topological polar surface area (TPSA) is 88.2 Å². The van der Waals surface area contributed by atoms with Gasteiger partial charge in [0, 0.05) is 12.2 Å². The van der Waals surface area contributed by atoms with Gasteiger partial charge in [0.05, 0.1) is 11.3 Å². The zero-order chi connectivity index (χ0) is 13.1. The van der Waals surface area contributed by atoms with E-state index in [-0.39, 0.29) is 5.56 Å². The molecule has 1 aromatic rings. The summed E-state index contributed by atoms with van der Waals surface area (Å²) in [7, 11) is 0. The molecule has 1 aromatic heterocycles. The van der Waals surface area contributed by atoms with Crippen LogP contribution in [0.1, 0.15) is 43.0 Å². The third-order valence-electron chi connectivity index (χ3n) is 3.60. The van der Waals surface area contributed by atoms with E-state index >= 15 is 0 Å². The third kappa shape index (κ3) is 2.72. The summed E-state index contributed by atoms with van der Waals surface area (Å²) in [5.74, 6) is 0.185. The number of rotatable bonds is 3. The smallest absolute Gasteiger partial charge is 0.337 e. The second-order valence-corrected chi connectivity index (χ2v) is 4.98. The summed E-state index contributed by atoms with van der Waals surface area (Å²) in [4.78, 5) is 14.9. The van der Waals surface area contributed by atoms with E-state index in [1.165, 1.54) is 31.5 Å². The van der Waals surface area contributed by atoms with Gasteiger partial charge in [0.25, 0.3) is 0 Å². The Hall–Kier alpha value is -1.78. The lowest BCUT2D eigenvalue weighted by Crippen LogP contribution is -2.31. The van der Waals surface area contributed by atoms with Crippen molar-refractivity contribution in [1.29, 1.82) is 0 Å². The zero-order valence-electron chi connectivity index (χ0n) is 10.5. The van der Waals surface area contributed by atoms with Gasteiger partial charge in [-0.2, -0.15) is 0 Å². The molecule has 5 nitrogen and oxygen atoms in total. The van der Waals surface area contributed by atoms with Crippen molar-refractivity contribution in [3.05, 3.63) is 17.8 Å². The number of nitrogens with zero attached hydrogens (tertiary/aromatic N) is 1. The number of hydrogen-bond acceptors (Lipinski definition) is 4. The van der Waals surface area contributed by atoms with Crippen molar-refractivity contribution in [2.75, 3.05) is 11.1 Å². The molecule has 0 radical (unpaired) electrons. The van der Waals surface area contributed by atoms with Gasteiger partial charge in [-0.25, -0.2) is 9.78 Å². The van der Waals surface area contributed by atoms with Crippen LogP contribution in [-0.4, -0.2) is 22.1 Å². The summed E-state index contributed by atoms with van der Waals surface area (Å²) < 4.78 is 0. The van der Waals surface area contributed by atoms with E-state index in [0.29, 0.717) is 23.5 Å². The molecule has 1 aliphatic rings. The maximum absolute atomic E-state index is 10.8. The molecule has 0 aliphatic heterocycles. The SMILES string of the molecule is CC1CCCCC1Nc1ncc(C(=O)O)cc1N. The number of nitrogens with one attached hydrogen (secondary N) is 1. The van der Waals surface area contributed by atoms with E-state index in [4.69, 9.17) is 10.8 Å². The Balaban J connectivity index is 2.11. The van der Waals surface area contributed by atoms with E-state index in [2.05, 4.69) is 17.2 Å². The number of hydrogen-bond donors (Lipinski definition) is 3. The summed E-state index contributed by atoms with van der Waals surface area (Å²) in [6, 6.07) is 1.83. The van der Waals surface area contributed by atoms with Gasteiger partial charge in [-0.1, -0.05) is 19.8 Å². The second kappa shape index (κ2) is 5.25. The predicted octanol–water partition coefficient (Wildman–Crippen LogP) is 2.35. The fourth-order valence-corrected chi connectivity index (χ4v) is 2.43. The Labute approximate surface area is 106 Å². The summed E-state index contributed by atoms with van der Waals surface area (Å²) in [6.45, 7) is 2.22. The molecule has 0 amide bonds. The Morgan fingerprint density at radius 1 is 1.50 bits per heavy atom. The van der Waals surface area contributed by atoms with E-state index in [9.17, 15) is 4.79 Å². The molecule has 0 saturated heterocycles. The molecule has 1 saturated carbocycles. The lowest BCUT2D eigenvalue weighted by atomic mass is 9.86. The molecule has 0 bridgehead atoms. The molecular formula is C13H19N3O2. The van der Waals surface area contributed by atoms with Gasteiger partial charge in [-0.05, 0) is 24.8 Å². The number of aromatic carboxylic acids is 1. The zero-order valence-corrected chi connectivity index (χ0v) is 10.5. The number of pyridine rings is 1. The van der Waals surface area contributed by atoms with Gasteiger partial charge in [0.2, 0.25) is 0 Å².